The number of halogens is 1. The summed E-state index contributed by atoms with van der Waals surface area (Å²) >= 11 is 6.53. The van der Waals surface area contributed by atoms with Gasteiger partial charge in [-0.25, -0.2) is 4.98 Å². The van der Waals surface area contributed by atoms with Crippen LogP contribution in [0.2, 0.25) is 5.02 Å². The average Bonchev–Trinajstić information content (AvgIpc) is 3.71. The molecular formula is C27H31ClN6O3. The van der Waals surface area contributed by atoms with Crippen LogP contribution in [0.5, 0.6) is 5.75 Å². The van der Waals surface area contributed by atoms with E-state index >= 15 is 0 Å². The third kappa shape index (κ3) is 3.99. The number of rotatable bonds is 4. The molecule has 9 nitrogen and oxygen atoms in total. The number of fused-ring (bicyclic) bond motifs is 5. The lowest BCUT2D eigenvalue weighted by molar-refractivity contribution is 0.125. The van der Waals surface area contributed by atoms with Crippen molar-refractivity contribution in [1.82, 2.24) is 14.5 Å². The summed E-state index contributed by atoms with van der Waals surface area (Å²) in [5.41, 5.74) is 2.29. The Labute approximate surface area is 219 Å². The summed E-state index contributed by atoms with van der Waals surface area (Å²) < 4.78 is 7.63. The van der Waals surface area contributed by atoms with Gasteiger partial charge in [0.2, 0.25) is 11.7 Å². The third-order valence-corrected chi connectivity index (χ3v) is 8.76. The van der Waals surface area contributed by atoms with Crippen LogP contribution in [0, 0.1) is 5.92 Å². The number of hydrogen-bond acceptors (Lipinski definition) is 8. The molecular weight excluding hydrogens is 492 g/mol. The second-order valence-electron chi connectivity index (χ2n) is 10.9. The molecule has 1 unspecified atom stereocenters. The highest BCUT2D eigenvalue weighted by Crippen LogP contribution is 2.42. The molecule has 1 aliphatic carbocycles. The molecule has 3 N–H and O–H groups in total. The van der Waals surface area contributed by atoms with Gasteiger partial charge in [0.1, 0.15) is 5.02 Å². The number of benzene rings is 1. The number of pyridine rings is 1. The Bertz CT molecular complexity index is 1430. The van der Waals surface area contributed by atoms with Gasteiger partial charge in [-0.1, -0.05) is 11.6 Å². The highest BCUT2D eigenvalue weighted by Gasteiger charge is 2.41. The number of aryl methyl sites for hydroxylation is 1. The molecule has 3 fully saturated rings. The van der Waals surface area contributed by atoms with Crippen molar-refractivity contribution < 1.29 is 9.84 Å². The molecule has 194 valence electrons. The Morgan fingerprint density at radius 2 is 1.95 bits per heavy atom. The summed E-state index contributed by atoms with van der Waals surface area (Å²) in [6, 6.07) is 6.73. The molecule has 4 aliphatic rings. The molecule has 37 heavy (non-hydrogen) atoms. The van der Waals surface area contributed by atoms with Crippen LogP contribution in [0.15, 0.2) is 29.2 Å². The molecule has 2 aromatic heterocycles. The fraction of sp³-hybridized carbons (Fsp3) is 0.519. The van der Waals surface area contributed by atoms with E-state index in [9.17, 15) is 9.90 Å². The molecule has 0 spiro atoms. The molecule has 2 bridgehead atoms. The van der Waals surface area contributed by atoms with E-state index in [1.807, 2.05) is 18.2 Å². The molecule has 4 atom stereocenters. The molecule has 0 radical (unpaired) electrons. The van der Waals surface area contributed by atoms with Gasteiger partial charge in [0.05, 0.1) is 30.1 Å². The lowest BCUT2D eigenvalue weighted by atomic mass is 10.0. The van der Waals surface area contributed by atoms with E-state index in [1.54, 1.807) is 17.8 Å². The van der Waals surface area contributed by atoms with Crippen molar-refractivity contribution >= 4 is 45.6 Å². The molecule has 2 saturated heterocycles. The monoisotopic (exact) mass is 522 g/mol. The quantitative estimate of drug-likeness (QED) is 0.468. The zero-order valence-electron chi connectivity index (χ0n) is 20.8. The van der Waals surface area contributed by atoms with Gasteiger partial charge in [-0.3, -0.25) is 4.79 Å². The van der Waals surface area contributed by atoms with Crippen LogP contribution in [-0.4, -0.2) is 50.5 Å². The molecule has 5 heterocycles. The number of nitrogens with zero attached hydrogens (tertiary/aromatic N) is 4. The number of piperidine rings is 1. The standard InChI is InChI=1S/C27H31ClN6O3/c1-33-22-7-4-15(10-19(22)23-24(26(33)36)37-9-8-21(31-23)14-2-3-14)30-25-20(28)13-29-27(32-25)34-16-5-6-17(34)12-18(35)11-16/h4,7,10,13-14,16-18,21,31,35H,2-3,5-6,8-9,11-12H2,1H3,(H,29,30,32)/t16-,17+,18?,21-/m1/s1. The fourth-order valence-corrected chi connectivity index (χ4v) is 6.59. The second kappa shape index (κ2) is 8.77. The van der Waals surface area contributed by atoms with Gasteiger partial charge in [0, 0.05) is 42.7 Å². The highest BCUT2D eigenvalue weighted by atomic mass is 35.5. The predicted octanol–water partition coefficient (Wildman–Crippen LogP) is 4.19. The topological polar surface area (TPSA) is 105 Å². The minimum absolute atomic E-state index is 0.128. The highest BCUT2D eigenvalue weighted by molar-refractivity contribution is 6.33. The minimum atomic E-state index is -0.251. The SMILES string of the molecule is Cn1c(=O)c2c(c3cc(Nc4nc(N5[C@@H]6CC[C@H]5CC(O)C6)ncc4Cl)ccc31)N[C@@H](C1CC1)CCO2. The number of ether oxygens (including phenoxy) is 1. The normalized spacial score (nSPS) is 26.8. The summed E-state index contributed by atoms with van der Waals surface area (Å²) in [7, 11) is 1.78. The van der Waals surface area contributed by atoms with Crippen molar-refractivity contribution in [2.24, 2.45) is 13.0 Å². The maximum absolute atomic E-state index is 13.1. The molecule has 10 heteroatoms. The Balaban J connectivity index is 1.25. The number of aliphatic hydroxyl groups excluding tert-OH is 1. The first-order valence-electron chi connectivity index (χ1n) is 13.3. The lowest BCUT2D eigenvalue weighted by Gasteiger charge is -2.37. The average molecular weight is 523 g/mol. The molecule has 3 aromatic rings. The van der Waals surface area contributed by atoms with Gasteiger partial charge in [0.15, 0.2) is 5.82 Å². The zero-order valence-corrected chi connectivity index (χ0v) is 21.5. The van der Waals surface area contributed by atoms with Crippen LogP contribution < -0.4 is 25.8 Å². The molecule has 1 aromatic carbocycles. The smallest absolute Gasteiger partial charge is 0.295 e. The number of aromatic nitrogens is 3. The second-order valence-corrected chi connectivity index (χ2v) is 11.3. The van der Waals surface area contributed by atoms with Crippen LogP contribution in [0.1, 0.15) is 44.9 Å². The van der Waals surface area contributed by atoms with E-state index < -0.39 is 0 Å². The lowest BCUT2D eigenvalue weighted by Crippen LogP contribution is -2.45. The van der Waals surface area contributed by atoms with Crippen molar-refractivity contribution in [1.29, 1.82) is 0 Å². The Morgan fingerprint density at radius 3 is 2.70 bits per heavy atom. The largest absolute Gasteiger partial charge is 0.486 e. The zero-order chi connectivity index (χ0) is 25.3. The first-order valence-corrected chi connectivity index (χ1v) is 13.7. The minimum Gasteiger partial charge on any atom is -0.486 e. The van der Waals surface area contributed by atoms with Gasteiger partial charge in [-0.15, -0.1) is 0 Å². The summed E-state index contributed by atoms with van der Waals surface area (Å²) in [5, 5.41) is 18.6. The number of anilines is 4. The number of aliphatic hydroxyl groups is 1. The number of hydrogen-bond donors (Lipinski definition) is 3. The van der Waals surface area contributed by atoms with E-state index in [0.29, 0.717) is 41.1 Å². The van der Waals surface area contributed by atoms with Gasteiger partial charge >= 0.3 is 0 Å². The van der Waals surface area contributed by atoms with Gasteiger partial charge in [-0.2, -0.15) is 4.98 Å². The van der Waals surface area contributed by atoms with Crippen LogP contribution in [0.25, 0.3) is 10.9 Å². The Kier molecular flexibility index (Phi) is 5.48. The third-order valence-electron chi connectivity index (χ3n) is 8.48. The van der Waals surface area contributed by atoms with E-state index in [0.717, 1.165) is 54.4 Å². The summed E-state index contributed by atoms with van der Waals surface area (Å²) in [6.45, 7) is 0.536. The van der Waals surface area contributed by atoms with Crippen molar-refractivity contribution in [2.75, 3.05) is 22.1 Å². The number of nitrogens with one attached hydrogen (secondary N) is 2. The van der Waals surface area contributed by atoms with Crippen LogP contribution in [0.4, 0.5) is 23.1 Å². The molecule has 1 saturated carbocycles. The molecule has 3 aliphatic heterocycles. The van der Waals surface area contributed by atoms with Gasteiger partial charge < -0.3 is 29.9 Å². The predicted molar refractivity (Wildman–Crippen MR) is 144 cm³/mol. The van der Waals surface area contributed by atoms with Crippen LogP contribution in [0.3, 0.4) is 0 Å². The van der Waals surface area contributed by atoms with E-state index in [4.69, 9.17) is 21.3 Å². The van der Waals surface area contributed by atoms with E-state index in [-0.39, 0.29) is 23.7 Å². The van der Waals surface area contributed by atoms with Crippen molar-refractivity contribution in [3.63, 3.8) is 0 Å². The Morgan fingerprint density at radius 1 is 1.16 bits per heavy atom. The summed E-state index contributed by atoms with van der Waals surface area (Å²) in [5.74, 6) is 2.21. The van der Waals surface area contributed by atoms with Gasteiger partial charge in [0.25, 0.3) is 5.56 Å². The maximum atomic E-state index is 13.1. The van der Waals surface area contributed by atoms with E-state index in [2.05, 4.69) is 20.5 Å². The molecule has 0 amide bonds. The molecule has 7 rings (SSSR count). The van der Waals surface area contributed by atoms with E-state index in [1.165, 1.54) is 12.8 Å². The summed E-state index contributed by atoms with van der Waals surface area (Å²) in [6.07, 6.45) is 8.29. The Hall–Kier alpha value is -3.04. The summed E-state index contributed by atoms with van der Waals surface area (Å²) in [4.78, 5) is 24.7. The van der Waals surface area contributed by atoms with Crippen molar-refractivity contribution in [3.8, 4) is 5.75 Å². The maximum Gasteiger partial charge on any atom is 0.295 e. The van der Waals surface area contributed by atoms with Gasteiger partial charge in [-0.05, 0) is 62.6 Å². The van der Waals surface area contributed by atoms with Crippen LogP contribution in [-0.2, 0) is 7.05 Å². The fourth-order valence-electron chi connectivity index (χ4n) is 6.45. The van der Waals surface area contributed by atoms with Crippen LogP contribution >= 0.6 is 11.6 Å². The van der Waals surface area contributed by atoms with Crippen molar-refractivity contribution in [3.05, 3.63) is 39.8 Å². The first-order chi connectivity index (χ1) is 18.0. The van der Waals surface area contributed by atoms with Crippen molar-refractivity contribution in [2.45, 2.75) is 69.2 Å². The first kappa shape index (κ1) is 23.1.